The summed E-state index contributed by atoms with van der Waals surface area (Å²) in [6.45, 7) is 7.76. The third-order valence-electron chi connectivity index (χ3n) is 3.75. The summed E-state index contributed by atoms with van der Waals surface area (Å²) in [4.78, 5) is 4.44. The number of aryl methyl sites for hydroxylation is 1. The van der Waals surface area contributed by atoms with Crippen LogP contribution in [0, 0.1) is 12.3 Å². The molecule has 1 N–H and O–H groups in total. The summed E-state index contributed by atoms with van der Waals surface area (Å²) in [5, 5.41) is 3.69. The van der Waals surface area contributed by atoms with Crippen molar-refractivity contribution >= 4 is 11.8 Å². The Bertz CT molecular complexity index is 376. The standard InChI is InChI=1S/C14H22N2S/c1-11-5-4-7-15-12(11)9-16-13-10-17-8-6-14(13,2)3/h4-5,7,13,16H,6,8-10H2,1-3H3. The first-order valence-corrected chi connectivity index (χ1v) is 7.47. The lowest BCUT2D eigenvalue weighted by molar-refractivity contribution is 0.244. The Morgan fingerprint density at radius 3 is 3.06 bits per heavy atom. The highest BCUT2D eigenvalue weighted by molar-refractivity contribution is 7.99. The number of aromatic nitrogens is 1. The Kier molecular flexibility index (Phi) is 4.10. The van der Waals surface area contributed by atoms with Gasteiger partial charge in [-0.1, -0.05) is 19.9 Å². The molecule has 0 aliphatic carbocycles. The van der Waals surface area contributed by atoms with Gasteiger partial charge in [0.25, 0.3) is 0 Å². The first-order chi connectivity index (χ1) is 8.09. The van der Waals surface area contributed by atoms with Crippen molar-refractivity contribution in [2.45, 2.75) is 39.8 Å². The molecule has 94 valence electrons. The van der Waals surface area contributed by atoms with E-state index in [4.69, 9.17) is 0 Å². The van der Waals surface area contributed by atoms with E-state index >= 15 is 0 Å². The van der Waals surface area contributed by atoms with Crippen molar-refractivity contribution in [3.63, 3.8) is 0 Å². The molecule has 17 heavy (non-hydrogen) atoms. The van der Waals surface area contributed by atoms with E-state index in [0.717, 1.165) is 6.54 Å². The van der Waals surface area contributed by atoms with Crippen LogP contribution in [0.2, 0.25) is 0 Å². The minimum Gasteiger partial charge on any atom is -0.307 e. The van der Waals surface area contributed by atoms with Crippen LogP contribution in [0.1, 0.15) is 31.5 Å². The predicted molar refractivity (Wildman–Crippen MR) is 75.3 cm³/mol. The molecule has 1 aliphatic heterocycles. The van der Waals surface area contributed by atoms with Gasteiger partial charge < -0.3 is 5.32 Å². The smallest absolute Gasteiger partial charge is 0.0570 e. The highest BCUT2D eigenvalue weighted by atomic mass is 32.2. The Balaban J connectivity index is 1.96. The van der Waals surface area contributed by atoms with Crippen LogP contribution in [0.3, 0.4) is 0 Å². The monoisotopic (exact) mass is 250 g/mol. The Labute approximate surface area is 109 Å². The van der Waals surface area contributed by atoms with Gasteiger partial charge in [-0.25, -0.2) is 0 Å². The largest absolute Gasteiger partial charge is 0.307 e. The Morgan fingerprint density at radius 2 is 2.35 bits per heavy atom. The molecule has 3 heteroatoms. The molecule has 0 amide bonds. The maximum absolute atomic E-state index is 4.44. The number of hydrogen-bond donors (Lipinski definition) is 1. The highest BCUT2D eigenvalue weighted by Gasteiger charge is 2.32. The summed E-state index contributed by atoms with van der Waals surface area (Å²) in [6, 6.07) is 4.73. The molecule has 0 radical (unpaired) electrons. The molecule has 1 atom stereocenters. The third-order valence-corrected chi connectivity index (χ3v) is 4.81. The molecule has 0 spiro atoms. The zero-order valence-electron chi connectivity index (χ0n) is 11.0. The fraction of sp³-hybridized carbons (Fsp3) is 0.643. The molecule has 0 saturated carbocycles. The van der Waals surface area contributed by atoms with Gasteiger partial charge in [0.2, 0.25) is 0 Å². The van der Waals surface area contributed by atoms with Crippen molar-refractivity contribution in [2.24, 2.45) is 5.41 Å². The average Bonchev–Trinajstić information content (AvgIpc) is 2.29. The maximum atomic E-state index is 4.44. The first-order valence-electron chi connectivity index (χ1n) is 6.31. The van der Waals surface area contributed by atoms with E-state index in [1.54, 1.807) is 0 Å². The van der Waals surface area contributed by atoms with E-state index in [1.807, 2.05) is 12.3 Å². The Hall–Kier alpha value is -0.540. The van der Waals surface area contributed by atoms with Crippen molar-refractivity contribution in [1.82, 2.24) is 10.3 Å². The minimum atomic E-state index is 0.411. The summed E-state index contributed by atoms with van der Waals surface area (Å²) in [6.07, 6.45) is 3.18. The maximum Gasteiger partial charge on any atom is 0.0570 e. The number of nitrogens with zero attached hydrogens (tertiary/aromatic N) is 1. The van der Waals surface area contributed by atoms with Crippen LogP contribution in [-0.4, -0.2) is 22.5 Å². The summed E-state index contributed by atoms with van der Waals surface area (Å²) >= 11 is 2.06. The quantitative estimate of drug-likeness (QED) is 0.892. The second-order valence-electron chi connectivity index (χ2n) is 5.51. The van der Waals surface area contributed by atoms with E-state index < -0.39 is 0 Å². The van der Waals surface area contributed by atoms with Crippen molar-refractivity contribution < 1.29 is 0 Å². The number of hydrogen-bond acceptors (Lipinski definition) is 3. The summed E-state index contributed by atoms with van der Waals surface area (Å²) in [5.74, 6) is 2.52. The molecule has 1 aromatic rings. The molecule has 2 nitrogen and oxygen atoms in total. The van der Waals surface area contributed by atoms with Gasteiger partial charge in [-0.15, -0.1) is 0 Å². The molecule has 1 aromatic heterocycles. The summed E-state index contributed by atoms with van der Waals surface area (Å²) < 4.78 is 0. The van der Waals surface area contributed by atoms with Crippen molar-refractivity contribution in [2.75, 3.05) is 11.5 Å². The second-order valence-corrected chi connectivity index (χ2v) is 6.66. The van der Waals surface area contributed by atoms with Gasteiger partial charge in [0.05, 0.1) is 5.69 Å². The van der Waals surface area contributed by atoms with Gasteiger partial charge in [-0.2, -0.15) is 11.8 Å². The van der Waals surface area contributed by atoms with Crippen LogP contribution in [0.25, 0.3) is 0 Å². The second kappa shape index (κ2) is 5.40. The fourth-order valence-electron chi connectivity index (χ4n) is 2.19. The predicted octanol–water partition coefficient (Wildman–Crippen LogP) is 3.01. The molecule has 0 aromatic carbocycles. The van der Waals surface area contributed by atoms with Crippen molar-refractivity contribution in [1.29, 1.82) is 0 Å². The average molecular weight is 250 g/mol. The molecular formula is C14H22N2S. The van der Waals surface area contributed by atoms with Crippen LogP contribution in [0.4, 0.5) is 0 Å². The molecule has 2 rings (SSSR count). The van der Waals surface area contributed by atoms with Gasteiger partial charge in [0.1, 0.15) is 0 Å². The third kappa shape index (κ3) is 3.23. The van der Waals surface area contributed by atoms with E-state index in [1.165, 1.54) is 29.2 Å². The SMILES string of the molecule is Cc1cccnc1CNC1CSCCC1(C)C. The van der Waals surface area contributed by atoms with Crippen molar-refractivity contribution in [3.8, 4) is 0 Å². The zero-order chi connectivity index (χ0) is 12.3. The van der Waals surface area contributed by atoms with Gasteiger partial charge in [0.15, 0.2) is 0 Å². The van der Waals surface area contributed by atoms with Crippen LogP contribution in [0.5, 0.6) is 0 Å². The number of thioether (sulfide) groups is 1. The van der Waals surface area contributed by atoms with Gasteiger partial charge in [0, 0.05) is 24.5 Å². The molecule has 1 fully saturated rings. The molecule has 1 saturated heterocycles. The van der Waals surface area contributed by atoms with Gasteiger partial charge in [-0.3, -0.25) is 4.98 Å². The number of pyridine rings is 1. The Morgan fingerprint density at radius 1 is 1.53 bits per heavy atom. The first kappa shape index (κ1) is 12.9. The molecule has 0 bridgehead atoms. The molecule has 1 aliphatic rings. The lowest BCUT2D eigenvalue weighted by atomic mass is 9.82. The van der Waals surface area contributed by atoms with Crippen molar-refractivity contribution in [3.05, 3.63) is 29.6 Å². The van der Waals surface area contributed by atoms with E-state index in [0.29, 0.717) is 11.5 Å². The highest BCUT2D eigenvalue weighted by Crippen LogP contribution is 2.34. The number of nitrogens with one attached hydrogen (secondary N) is 1. The summed E-state index contributed by atoms with van der Waals surface area (Å²) in [5.41, 5.74) is 2.87. The normalized spacial score (nSPS) is 23.6. The van der Waals surface area contributed by atoms with Crippen LogP contribution in [0.15, 0.2) is 18.3 Å². The lowest BCUT2D eigenvalue weighted by Gasteiger charge is -2.38. The summed E-state index contributed by atoms with van der Waals surface area (Å²) in [7, 11) is 0. The van der Waals surface area contributed by atoms with Crippen LogP contribution >= 0.6 is 11.8 Å². The topological polar surface area (TPSA) is 24.9 Å². The van der Waals surface area contributed by atoms with Crippen LogP contribution < -0.4 is 5.32 Å². The lowest BCUT2D eigenvalue weighted by Crippen LogP contribution is -2.46. The fourth-order valence-corrected chi connectivity index (χ4v) is 3.84. The van der Waals surface area contributed by atoms with Gasteiger partial charge in [-0.05, 0) is 36.1 Å². The minimum absolute atomic E-state index is 0.411. The van der Waals surface area contributed by atoms with E-state index in [-0.39, 0.29) is 0 Å². The van der Waals surface area contributed by atoms with Crippen LogP contribution in [-0.2, 0) is 6.54 Å². The zero-order valence-corrected chi connectivity index (χ0v) is 11.8. The van der Waals surface area contributed by atoms with E-state index in [2.05, 4.69) is 48.9 Å². The van der Waals surface area contributed by atoms with E-state index in [9.17, 15) is 0 Å². The molecule has 1 unspecified atom stereocenters. The molecule has 2 heterocycles. The number of rotatable bonds is 3. The molecular weight excluding hydrogens is 228 g/mol. The van der Waals surface area contributed by atoms with Gasteiger partial charge >= 0.3 is 0 Å².